The molecular weight excluding hydrogens is 326 g/mol. The highest BCUT2D eigenvalue weighted by atomic mass is 16.6. The second-order valence-corrected chi connectivity index (χ2v) is 7.41. The second kappa shape index (κ2) is 9.12. The SMILES string of the molecule is CC(NC(=O)C1CCCC(OCC2CCC([N+](=O)[O-])CC2)C1)C(N)=O. The summed E-state index contributed by atoms with van der Waals surface area (Å²) in [7, 11) is 0. The van der Waals surface area contributed by atoms with E-state index in [0.29, 0.717) is 31.8 Å². The summed E-state index contributed by atoms with van der Waals surface area (Å²) in [5.41, 5.74) is 5.18. The van der Waals surface area contributed by atoms with Gasteiger partial charge in [0.1, 0.15) is 6.04 Å². The minimum atomic E-state index is -0.662. The van der Waals surface area contributed by atoms with E-state index in [1.165, 1.54) is 0 Å². The molecule has 0 aliphatic heterocycles. The Hall–Kier alpha value is -1.70. The van der Waals surface area contributed by atoms with Gasteiger partial charge < -0.3 is 15.8 Å². The maximum Gasteiger partial charge on any atom is 0.239 e. The Morgan fingerprint density at radius 2 is 1.92 bits per heavy atom. The van der Waals surface area contributed by atoms with Crippen LogP contribution in [-0.2, 0) is 14.3 Å². The largest absolute Gasteiger partial charge is 0.378 e. The predicted octanol–water partition coefficient (Wildman–Crippen LogP) is 1.39. The zero-order valence-corrected chi connectivity index (χ0v) is 14.8. The topological polar surface area (TPSA) is 125 Å². The Labute approximate surface area is 148 Å². The molecule has 142 valence electrons. The molecule has 0 aromatic rings. The van der Waals surface area contributed by atoms with Crippen molar-refractivity contribution in [1.82, 2.24) is 5.32 Å². The first-order valence-corrected chi connectivity index (χ1v) is 9.21. The van der Waals surface area contributed by atoms with Gasteiger partial charge in [-0.3, -0.25) is 19.7 Å². The summed E-state index contributed by atoms with van der Waals surface area (Å²) in [6, 6.07) is -1.06. The van der Waals surface area contributed by atoms with Crippen LogP contribution in [0.2, 0.25) is 0 Å². The summed E-state index contributed by atoms with van der Waals surface area (Å²) >= 11 is 0. The van der Waals surface area contributed by atoms with Crippen molar-refractivity contribution in [2.75, 3.05) is 6.61 Å². The maximum atomic E-state index is 12.2. The van der Waals surface area contributed by atoms with Crippen molar-refractivity contribution in [2.45, 2.75) is 76.5 Å². The van der Waals surface area contributed by atoms with E-state index < -0.39 is 18.0 Å². The summed E-state index contributed by atoms with van der Waals surface area (Å²) in [5.74, 6) is -0.445. The van der Waals surface area contributed by atoms with Gasteiger partial charge in [-0.1, -0.05) is 6.42 Å². The number of hydrogen-bond acceptors (Lipinski definition) is 5. The van der Waals surface area contributed by atoms with E-state index in [1.807, 2.05) is 0 Å². The molecule has 3 N–H and O–H groups in total. The molecular formula is C17H29N3O5. The number of hydrogen-bond donors (Lipinski definition) is 2. The number of amides is 2. The van der Waals surface area contributed by atoms with Gasteiger partial charge in [0, 0.05) is 30.3 Å². The molecule has 0 radical (unpaired) electrons. The molecule has 0 bridgehead atoms. The number of nitrogens with zero attached hydrogens (tertiary/aromatic N) is 1. The third kappa shape index (κ3) is 5.95. The third-order valence-electron chi connectivity index (χ3n) is 5.46. The van der Waals surface area contributed by atoms with Crippen molar-refractivity contribution in [2.24, 2.45) is 17.6 Å². The van der Waals surface area contributed by atoms with Gasteiger partial charge in [0.2, 0.25) is 17.9 Å². The number of nitrogens with two attached hydrogens (primary N) is 1. The zero-order valence-electron chi connectivity index (χ0n) is 14.8. The fourth-order valence-electron chi connectivity index (χ4n) is 3.73. The fourth-order valence-corrected chi connectivity index (χ4v) is 3.73. The van der Waals surface area contributed by atoms with E-state index in [2.05, 4.69) is 5.32 Å². The van der Waals surface area contributed by atoms with Crippen LogP contribution >= 0.6 is 0 Å². The smallest absolute Gasteiger partial charge is 0.239 e. The van der Waals surface area contributed by atoms with E-state index in [4.69, 9.17) is 10.5 Å². The van der Waals surface area contributed by atoms with Crippen molar-refractivity contribution >= 4 is 11.8 Å². The lowest BCUT2D eigenvalue weighted by atomic mass is 9.85. The van der Waals surface area contributed by atoms with E-state index in [0.717, 1.165) is 32.1 Å². The molecule has 2 rings (SSSR count). The van der Waals surface area contributed by atoms with Crippen LogP contribution < -0.4 is 11.1 Å². The van der Waals surface area contributed by atoms with Gasteiger partial charge in [-0.2, -0.15) is 0 Å². The Bertz CT molecular complexity index is 491. The molecule has 0 saturated heterocycles. The van der Waals surface area contributed by atoms with E-state index in [1.54, 1.807) is 6.92 Å². The van der Waals surface area contributed by atoms with Gasteiger partial charge >= 0.3 is 0 Å². The quantitative estimate of drug-likeness (QED) is 0.527. The minimum absolute atomic E-state index is 0.0432. The van der Waals surface area contributed by atoms with Gasteiger partial charge in [0.15, 0.2) is 0 Å². The molecule has 2 aliphatic rings. The molecule has 2 aliphatic carbocycles. The molecule has 2 fully saturated rings. The van der Waals surface area contributed by atoms with Crippen molar-refractivity contribution in [3.8, 4) is 0 Å². The lowest BCUT2D eigenvalue weighted by molar-refractivity contribution is -0.527. The average Bonchev–Trinajstić information content (AvgIpc) is 2.60. The highest BCUT2D eigenvalue weighted by Crippen LogP contribution is 2.30. The lowest BCUT2D eigenvalue weighted by Gasteiger charge is -2.31. The highest BCUT2D eigenvalue weighted by molar-refractivity contribution is 5.87. The Balaban J connectivity index is 1.72. The van der Waals surface area contributed by atoms with E-state index >= 15 is 0 Å². The Morgan fingerprint density at radius 1 is 1.24 bits per heavy atom. The average molecular weight is 355 g/mol. The molecule has 0 aromatic carbocycles. The summed E-state index contributed by atoms with van der Waals surface area (Å²) in [4.78, 5) is 33.9. The normalized spacial score (nSPS) is 31.1. The van der Waals surface area contributed by atoms with E-state index in [9.17, 15) is 19.7 Å². The molecule has 8 heteroatoms. The molecule has 0 heterocycles. The summed E-state index contributed by atoms with van der Waals surface area (Å²) in [6.45, 7) is 2.19. The molecule has 3 atom stereocenters. The minimum Gasteiger partial charge on any atom is -0.378 e. The Kier molecular flexibility index (Phi) is 7.16. The monoisotopic (exact) mass is 355 g/mol. The number of carbonyl (C=O) groups is 2. The van der Waals surface area contributed by atoms with Crippen LogP contribution in [0.3, 0.4) is 0 Å². The number of ether oxygens (including phenoxy) is 1. The van der Waals surface area contributed by atoms with Crippen LogP contribution in [0.4, 0.5) is 0 Å². The zero-order chi connectivity index (χ0) is 18.4. The molecule has 8 nitrogen and oxygen atoms in total. The van der Waals surface area contributed by atoms with Gasteiger partial charge in [-0.25, -0.2) is 0 Å². The van der Waals surface area contributed by atoms with Crippen LogP contribution in [0.15, 0.2) is 0 Å². The number of carbonyl (C=O) groups excluding carboxylic acids is 2. The lowest BCUT2D eigenvalue weighted by Crippen LogP contribution is -2.46. The maximum absolute atomic E-state index is 12.2. The van der Waals surface area contributed by atoms with Crippen LogP contribution in [0.25, 0.3) is 0 Å². The Morgan fingerprint density at radius 3 is 2.52 bits per heavy atom. The third-order valence-corrected chi connectivity index (χ3v) is 5.46. The second-order valence-electron chi connectivity index (χ2n) is 7.41. The van der Waals surface area contributed by atoms with Gasteiger partial charge in [0.05, 0.1) is 6.10 Å². The van der Waals surface area contributed by atoms with Crippen molar-refractivity contribution in [1.29, 1.82) is 0 Å². The van der Waals surface area contributed by atoms with E-state index in [-0.39, 0.29) is 22.9 Å². The van der Waals surface area contributed by atoms with Crippen LogP contribution in [0.5, 0.6) is 0 Å². The summed E-state index contributed by atoms with van der Waals surface area (Å²) in [6.07, 6.45) is 6.26. The first kappa shape index (κ1) is 19.6. The number of rotatable bonds is 7. The van der Waals surface area contributed by atoms with Gasteiger partial charge in [-0.05, 0) is 44.9 Å². The summed E-state index contributed by atoms with van der Waals surface area (Å²) in [5, 5.41) is 13.4. The number of nitrogens with one attached hydrogen (secondary N) is 1. The summed E-state index contributed by atoms with van der Waals surface area (Å²) < 4.78 is 6.01. The number of primary amides is 1. The molecule has 0 spiro atoms. The van der Waals surface area contributed by atoms with Crippen molar-refractivity contribution in [3.05, 3.63) is 10.1 Å². The molecule has 25 heavy (non-hydrogen) atoms. The van der Waals surface area contributed by atoms with Crippen LogP contribution in [0, 0.1) is 22.0 Å². The predicted molar refractivity (Wildman–Crippen MR) is 91.2 cm³/mol. The molecule has 0 aromatic heterocycles. The first-order chi connectivity index (χ1) is 11.9. The van der Waals surface area contributed by atoms with Crippen molar-refractivity contribution < 1.29 is 19.2 Å². The standard InChI is InChI=1S/C17H29N3O5/c1-11(16(18)21)19-17(22)13-3-2-4-15(9-13)25-10-12-5-7-14(8-6-12)20(23)24/h11-15H,2-10H2,1H3,(H2,18,21)(H,19,22). The van der Waals surface area contributed by atoms with Crippen molar-refractivity contribution in [3.63, 3.8) is 0 Å². The number of nitro groups is 1. The highest BCUT2D eigenvalue weighted by Gasteiger charge is 2.31. The molecule has 2 amide bonds. The first-order valence-electron chi connectivity index (χ1n) is 9.21. The van der Waals surface area contributed by atoms with Gasteiger partial charge in [-0.15, -0.1) is 0 Å². The fraction of sp³-hybridized carbons (Fsp3) is 0.882. The molecule has 3 unspecified atom stereocenters. The van der Waals surface area contributed by atoms with Crippen LogP contribution in [0.1, 0.15) is 58.3 Å². The molecule has 2 saturated carbocycles. The van der Waals surface area contributed by atoms with Crippen LogP contribution in [-0.4, -0.2) is 41.5 Å². The van der Waals surface area contributed by atoms with Gasteiger partial charge in [0.25, 0.3) is 0 Å².